The fourth-order valence-corrected chi connectivity index (χ4v) is 9.30. The minimum atomic E-state index is 0.888. The Bertz CT molecular complexity index is 3200. The minimum Gasteiger partial charge on any atom is -0.456 e. The van der Waals surface area contributed by atoms with Gasteiger partial charge in [0.25, 0.3) is 0 Å². The third kappa shape index (κ3) is 5.40. The van der Waals surface area contributed by atoms with Crippen molar-refractivity contribution in [3.8, 4) is 33.4 Å². The van der Waals surface area contributed by atoms with Crippen molar-refractivity contribution in [1.29, 1.82) is 0 Å². The molecule has 0 bridgehead atoms. The van der Waals surface area contributed by atoms with Crippen molar-refractivity contribution in [1.82, 2.24) is 0 Å². The van der Waals surface area contributed by atoms with Crippen LogP contribution >= 0.6 is 11.3 Å². The molecule has 11 rings (SSSR count). The maximum absolute atomic E-state index is 6.36. The molecule has 55 heavy (non-hydrogen) atoms. The summed E-state index contributed by atoms with van der Waals surface area (Å²) in [5, 5.41) is 7.39. The summed E-state index contributed by atoms with van der Waals surface area (Å²) in [6, 6.07) is 72.3. The Morgan fingerprint density at radius 1 is 0.345 bits per heavy atom. The van der Waals surface area contributed by atoms with E-state index in [-0.39, 0.29) is 0 Å². The molecule has 0 saturated carbocycles. The number of thiophene rings is 1. The van der Waals surface area contributed by atoms with Crippen molar-refractivity contribution in [3.63, 3.8) is 0 Å². The monoisotopic (exact) mass is 719 g/mol. The predicted molar refractivity (Wildman–Crippen MR) is 235 cm³/mol. The van der Waals surface area contributed by atoms with Crippen LogP contribution in [0.15, 0.2) is 205 Å². The molecule has 0 aliphatic heterocycles. The van der Waals surface area contributed by atoms with E-state index in [0.717, 1.165) is 50.1 Å². The highest BCUT2D eigenvalue weighted by Gasteiger charge is 2.19. The average Bonchev–Trinajstić information content (AvgIpc) is 3.82. The summed E-state index contributed by atoms with van der Waals surface area (Å²) in [7, 11) is 0. The first-order valence-corrected chi connectivity index (χ1v) is 19.5. The number of hydrogen-bond donors (Lipinski definition) is 0. The number of nitrogens with zero attached hydrogens (tertiary/aromatic N) is 1. The summed E-state index contributed by atoms with van der Waals surface area (Å²) >= 11 is 1.86. The fourth-order valence-electron chi connectivity index (χ4n) is 8.21. The predicted octanol–water partition coefficient (Wildman–Crippen LogP) is 15.6. The van der Waals surface area contributed by atoms with E-state index in [9.17, 15) is 0 Å². The number of anilines is 3. The molecule has 0 radical (unpaired) electrons. The number of rotatable bonds is 6. The molecule has 0 saturated heterocycles. The summed E-state index contributed by atoms with van der Waals surface area (Å²) in [6.07, 6.45) is 0. The van der Waals surface area contributed by atoms with Crippen molar-refractivity contribution in [3.05, 3.63) is 200 Å². The Hall–Kier alpha value is -6.94. The first-order valence-electron chi connectivity index (χ1n) is 18.7. The molecule has 0 aliphatic rings. The molecular formula is C52H33NOS. The van der Waals surface area contributed by atoms with Gasteiger partial charge in [-0.15, -0.1) is 11.3 Å². The Morgan fingerprint density at radius 3 is 1.80 bits per heavy atom. The van der Waals surface area contributed by atoms with Gasteiger partial charge in [-0.1, -0.05) is 133 Å². The molecule has 0 unspecified atom stereocenters. The maximum Gasteiger partial charge on any atom is 0.136 e. The highest BCUT2D eigenvalue weighted by molar-refractivity contribution is 7.25. The topological polar surface area (TPSA) is 16.4 Å². The Kier molecular flexibility index (Phi) is 7.39. The SMILES string of the molecule is c1ccc(N(c2ccc(-c3ccc4sc5ccccc5c4c3)cc2)c2ccc(-c3cccc4ccccc34)cc2)c(-c2ccc3c(c2)oc2ccccc23)c1. The van der Waals surface area contributed by atoms with Gasteiger partial charge < -0.3 is 9.32 Å². The first kappa shape index (κ1) is 31.6. The van der Waals surface area contributed by atoms with Crippen LogP contribution in [-0.4, -0.2) is 0 Å². The molecule has 0 atom stereocenters. The molecule has 0 amide bonds. The standard InChI is InChI=1S/C52H33NOS/c1-2-12-41-35(10-1)11-9-16-42(41)36-22-28-40(29-23-36)53(39-26-20-34(21-27-39)37-25-31-52-47(32-37)46-15-5-8-19-51(46)55-52)48-17-6-3-13-43(48)38-24-30-45-44-14-4-7-18-49(44)54-50(45)33-38/h1-33H. The van der Waals surface area contributed by atoms with Gasteiger partial charge >= 0.3 is 0 Å². The van der Waals surface area contributed by atoms with E-state index in [1.54, 1.807) is 0 Å². The third-order valence-corrected chi connectivity index (χ3v) is 12.0. The first-order chi connectivity index (χ1) is 27.2. The molecule has 258 valence electrons. The lowest BCUT2D eigenvalue weighted by Gasteiger charge is -2.28. The molecule has 0 N–H and O–H groups in total. The zero-order chi connectivity index (χ0) is 36.3. The van der Waals surface area contributed by atoms with E-state index in [4.69, 9.17) is 4.42 Å². The molecule has 3 heteroatoms. The Labute approximate surface area is 322 Å². The van der Waals surface area contributed by atoms with Gasteiger partial charge in [-0.25, -0.2) is 0 Å². The average molecular weight is 720 g/mol. The van der Waals surface area contributed by atoms with Gasteiger partial charge in [-0.3, -0.25) is 0 Å². The van der Waals surface area contributed by atoms with Crippen LogP contribution in [0.25, 0.3) is 86.3 Å². The third-order valence-electron chi connectivity index (χ3n) is 10.9. The van der Waals surface area contributed by atoms with Crippen molar-refractivity contribution < 1.29 is 4.42 Å². The molecule has 0 spiro atoms. The van der Waals surface area contributed by atoms with E-state index in [0.29, 0.717) is 0 Å². The molecule has 11 aromatic rings. The summed E-state index contributed by atoms with van der Waals surface area (Å²) in [5.74, 6) is 0. The number of benzene rings is 9. The van der Waals surface area contributed by atoms with Crippen molar-refractivity contribution in [2.45, 2.75) is 0 Å². The molecule has 2 nitrogen and oxygen atoms in total. The Morgan fingerprint density at radius 2 is 0.945 bits per heavy atom. The van der Waals surface area contributed by atoms with Gasteiger partial charge in [-0.2, -0.15) is 0 Å². The lowest BCUT2D eigenvalue weighted by Crippen LogP contribution is -2.11. The lowest BCUT2D eigenvalue weighted by atomic mass is 9.97. The van der Waals surface area contributed by atoms with Gasteiger partial charge in [0.15, 0.2) is 0 Å². The summed E-state index contributed by atoms with van der Waals surface area (Å²) in [5.41, 5.74) is 12.1. The van der Waals surface area contributed by atoms with Gasteiger partial charge in [0, 0.05) is 47.9 Å². The molecule has 9 aromatic carbocycles. The smallest absolute Gasteiger partial charge is 0.136 e. The molecule has 2 aromatic heterocycles. The number of furan rings is 1. The zero-order valence-electron chi connectivity index (χ0n) is 29.8. The van der Waals surface area contributed by atoms with Gasteiger partial charge in [0.05, 0.1) is 5.69 Å². The van der Waals surface area contributed by atoms with Crippen LogP contribution < -0.4 is 4.90 Å². The van der Waals surface area contributed by atoms with Crippen LogP contribution in [0.5, 0.6) is 0 Å². The van der Waals surface area contributed by atoms with Crippen LogP contribution in [0.4, 0.5) is 17.1 Å². The van der Waals surface area contributed by atoms with E-state index < -0.39 is 0 Å². The highest BCUT2D eigenvalue weighted by Crippen LogP contribution is 2.44. The summed E-state index contributed by atoms with van der Waals surface area (Å²) < 4.78 is 9.00. The van der Waals surface area contributed by atoms with E-state index in [1.807, 2.05) is 23.5 Å². The van der Waals surface area contributed by atoms with Crippen LogP contribution in [0.1, 0.15) is 0 Å². The molecule has 2 heterocycles. The van der Waals surface area contributed by atoms with Crippen LogP contribution in [0, 0.1) is 0 Å². The normalized spacial score (nSPS) is 11.6. The van der Waals surface area contributed by atoms with E-state index >= 15 is 0 Å². The molecule has 0 aliphatic carbocycles. The van der Waals surface area contributed by atoms with Crippen molar-refractivity contribution in [2.24, 2.45) is 0 Å². The lowest BCUT2D eigenvalue weighted by molar-refractivity contribution is 0.669. The second-order valence-corrected chi connectivity index (χ2v) is 15.2. The zero-order valence-corrected chi connectivity index (χ0v) is 30.6. The highest BCUT2D eigenvalue weighted by atomic mass is 32.1. The van der Waals surface area contributed by atoms with Gasteiger partial charge in [0.2, 0.25) is 0 Å². The second-order valence-electron chi connectivity index (χ2n) is 14.1. The molecule has 0 fully saturated rings. The number of para-hydroxylation sites is 2. The summed E-state index contributed by atoms with van der Waals surface area (Å²) in [4.78, 5) is 2.38. The maximum atomic E-state index is 6.36. The number of hydrogen-bond acceptors (Lipinski definition) is 3. The van der Waals surface area contributed by atoms with Crippen molar-refractivity contribution in [2.75, 3.05) is 4.90 Å². The molecular weight excluding hydrogens is 687 g/mol. The fraction of sp³-hybridized carbons (Fsp3) is 0. The van der Waals surface area contributed by atoms with E-state index in [1.165, 1.54) is 53.2 Å². The Balaban J connectivity index is 1.04. The quantitative estimate of drug-likeness (QED) is 0.170. The largest absolute Gasteiger partial charge is 0.456 e. The van der Waals surface area contributed by atoms with Gasteiger partial charge in [-0.05, 0) is 105 Å². The summed E-state index contributed by atoms with van der Waals surface area (Å²) in [6.45, 7) is 0. The van der Waals surface area contributed by atoms with E-state index in [2.05, 4.69) is 193 Å². The van der Waals surface area contributed by atoms with Crippen LogP contribution in [-0.2, 0) is 0 Å². The van der Waals surface area contributed by atoms with Gasteiger partial charge in [0.1, 0.15) is 11.2 Å². The minimum absolute atomic E-state index is 0.888. The van der Waals surface area contributed by atoms with Crippen LogP contribution in [0.3, 0.4) is 0 Å². The van der Waals surface area contributed by atoms with Crippen molar-refractivity contribution >= 4 is 81.3 Å². The van der Waals surface area contributed by atoms with Crippen LogP contribution in [0.2, 0.25) is 0 Å². The second kappa shape index (κ2) is 12.9. The number of fused-ring (bicyclic) bond motifs is 7.